The molecular formula is C13H15N3OS. The molecule has 1 aromatic rings. The molecule has 2 aliphatic rings. The molecule has 1 saturated carbocycles. The van der Waals surface area contributed by atoms with E-state index in [1.165, 1.54) is 17.7 Å². The molecule has 1 amide bonds. The number of rotatable bonds is 4. The first-order chi connectivity index (χ1) is 8.78. The minimum absolute atomic E-state index is 0.0432. The molecule has 0 aromatic carbocycles. The average molecular weight is 261 g/mol. The topological polar surface area (TPSA) is 64.9 Å². The number of thiophene rings is 1. The minimum Gasteiger partial charge on any atom is -0.315 e. The van der Waals surface area contributed by atoms with Crippen molar-refractivity contribution < 1.29 is 4.79 Å². The Labute approximate surface area is 110 Å². The average Bonchev–Trinajstić information content (AvgIpc) is 2.98. The van der Waals surface area contributed by atoms with Gasteiger partial charge in [0.2, 0.25) is 5.91 Å². The zero-order valence-electron chi connectivity index (χ0n) is 10.1. The van der Waals surface area contributed by atoms with Crippen molar-refractivity contribution in [2.75, 3.05) is 11.9 Å². The molecule has 1 aromatic heterocycles. The Morgan fingerprint density at radius 2 is 2.28 bits per heavy atom. The summed E-state index contributed by atoms with van der Waals surface area (Å²) in [5, 5.41) is 16.0. The van der Waals surface area contributed by atoms with Crippen molar-refractivity contribution in [1.29, 1.82) is 5.26 Å². The maximum Gasteiger partial charge on any atom is 0.238 e. The molecule has 0 atom stereocenters. The number of nitriles is 1. The fourth-order valence-electron chi connectivity index (χ4n) is 2.31. The van der Waals surface area contributed by atoms with Crippen molar-refractivity contribution in [3.63, 3.8) is 0 Å². The fourth-order valence-corrected chi connectivity index (χ4v) is 3.56. The van der Waals surface area contributed by atoms with E-state index in [0.717, 1.165) is 29.8 Å². The number of anilines is 1. The lowest BCUT2D eigenvalue weighted by molar-refractivity contribution is -0.115. The molecule has 5 heteroatoms. The van der Waals surface area contributed by atoms with Crippen molar-refractivity contribution in [1.82, 2.24) is 5.32 Å². The second-order valence-electron chi connectivity index (χ2n) is 4.88. The second-order valence-corrected chi connectivity index (χ2v) is 5.98. The third-order valence-corrected chi connectivity index (χ3v) is 4.62. The van der Waals surface area contributed by atoms with Crippen molar-refractivity contribution in [2.24, 2.45) is 0 Å². The number of hydrogen-bond acceptors (Lipinski definition) is 4. The SMILES string of the molecule is N#Cc1c(NC(=O)CNC2CC2)sc2c1CCC2. The molecule has 2 aliphatic carbocycles. The Morgan fingerprint density at radius 1 is 1.44 bits per heavy atom. The van der Waals surface area contributed by atoms with E-state index in [4.69, 9.17) is 0 Å². The molecule has 2 N–H and O–H groups in total. The highest BCUT2D eigenvalue weighted by Crippen LogP contribution is 2.38. The second kappa shape index (κ2) is 4.71. The number of fused-ring (bicyclic) bond motifs is 1. The molecule has 0 radical (unpaired) electrons. The Morgan fingerprint density at radius 3 is 3.00 bits per heavy atom. The van der Waals surface area contributed by atoms with Gasteiger partial charge in [0.1, 0.15) is 11.1 Å². The van der Waals surface area contributed by atoms with E-state index >= 15 is 0 Å². The van der Waals surface area contributed by atoms with Crippen LogP contribution < -0.4 is 10.6 Å². The van der Waals surface area contributed by atoms with Gasteiger partial charge in [-0.05, 0) is 37.7 Å². The Kier molecular flexibility index (Phi) is 3.06. The highest BCUT2D eigenvalue weighted by molar-refractivity contribution is 7.16. The van der Waals surface area contributed by atoms with Gasteiger partial charge in [0, 0.05) is 10.9 Å². The van der Waals surface area contributed by atoms with E-state index in [1.54, 1.807) is 11.3 Å². The summed E-state index contributed by atoms with van der Waals surface area (Å²) in [6.07, 6.45) is 5.50. The third-order valence-electron chi connectivity index (χ3n) is 3.41. The summed E-state index contributed by atoms with van der Waals surface area (Å²) in [5.41, 5.74) is 1.85. The van der Waals surface area contributed by atoms with Gasteiger partial charge in [-0.1, -0.05) is 0 Å². The maximum atomic E-state index is 11.8. The van der Waals surface area contributed by atoms with Crippen LogP contribution in [0.3, 0.4) is 0 Å². The van der Waals surface area contributed by atoms with Crippen molar-refractivity contribution in [3.05, 3.63) is 16.0 Å². The van der Waals surface area contributed by atoms with Crippen LogP contribution in [0.2, 0.25) is 0 Å². The highest BCUT2D eigenvalue weighted by Gasteiger charge is 2.24. The number of nitrogens with one attached hydrogen (secondary N) is 2. The summed E-state index contributed by atoms with van der Waals surface area (Å²) >= 11 is 1.57. The van der Waals surface area contributed by atoms with E-state index in [2.05, 4.69) is 16.7 Å². The summed E-state index contributed by atoms with van der Waals surface area (Å²) in [6.45, 7) is 0.345. The monoisotopic (exact) mass is 261 g/mol. The molecule has 4 nitrogen and oxygen atoms in total. The first-order valence-electron chi connectivity index (χ1n) is 6.36. The Bertz CT molecular complexity index is 525. The Hall–Kier alpha value is -1.38. The largest absolute Gasteiger partial charge is 0.315 e. The minimum atomic E-state index is -0.0432. The molecule has 94 valence electrons. The van der Waals surface area contributed by atoms with Gasteiger partial charge in [0.25, 0.3) is 0 Å². The van der Waals surface area contributed by atoms with E-state index in [0.29, 0.717) is 18.2 Å². The molecule has 0 aliphatic heterocycles. The van der Waals surface area contributed by atoms with Gasteiger partial charge in [-0.15, -0.1) is 11.3 Å². The third kappa shape index (κ3) is 2.26. The van der Waals surface area contributed by atoms with Crippen molar-refractivity contribution in [3.8, 4) is 6.07 Å². The number of aryl methyl sites for hydroxylation is 1. The van der Waals surface area contributed by atoms with E-state index in [1.807, 2.05) is 0 Å². The van der Waals surface area contributed by atoms with Crippen LogP contribution >= 0.6 is 11.3 Å². The van der Waals surface area contributed by atoms with Gasteiger partial charge >= 0.3 is 0 Å². The van der Waals surface area contributed by atoms with Crippen molar-refractivity contribution >= 4 is 22.2 Å². The predicted octanol–water partition coefficient (Wildman–Crippen LogP) is 1.80. The van der Waals surface area contributed by atoms with Crippen LogP contribution in [0.4, 0.5) is 5.00 Å². The first-order valence-corrected chi connectivity index (χ1v) is 7.17. The van der Waals surface area contributed by atoms with E-state index < -0.39 is 0 Å². The summed E-state index contributed by atoms with van der Waals surface area (Å²) in [5.74, 6) is -0.0432. The molecule has 18 heavy (non-hydrogen) atoms. The fraction of sp³-hybridized carbons (Fsp3) is 0.538. The quantitative estimate of drug-likeness (QED) is 0.868. The van der Waals surface area contributed by atoms with E-state index in [9.17, 15) is 10.1 Å². The van der Waals surface area contributed by atoms with Gasteiger partial charge < -0.3 is 10.6 Å². The van der Waals surface area contributed by atoms with Gasteiger partial charge in [0.05, 0.1) is 12.1 Å². The zero-order valence-corrected chi connectivity index (χ0v) is 10.9. The molecular weight excluding hydrogens is 246 g/mol. The summed E-state index contributed by atoms with van der Waals surface area (Å²) in [7, 11) is 0. The zero-order chi connectivity index (χ0) is 12.5. The standard InChI is InChI=1S/C13H15N3OS/c14-6-10-9-2-1-3-11(9)18-13(10)16-12(17)7-15-8-4-5-8/h8,15H,1-5,7H2,(H,16,17). The van der Waals surface area contributed by atoms with Crippen LogP contribution in [-0.2, 0) is 17.6 Å². The lowest BCUT2D eigenvalue weighted by Gasteiger charge is -2.04. The van der Waals surface area contributed by atoms with Crippen LogP contribution in [0.15, 0.2) is 0 Å². The molecule has 1 heterocycles. The lowest BCUT2D eigenvalue weighted by Crippen LogP contribution is -2.29. The molecule has 0 saturated heterocycles. The Balaban J connectivity index is 1.68. The van der Waals surface area contributed by atoms with Crippen LogP contribution in [-0.4, -0.2) is 18.5 Å². The van der Waals surface area contributed by atoms with Crippen molar-refractivity contribution in [2.45, 2.75) is 38.1 Å². The van der Waals surface area contributed by atoms with Gasteiger partial charge in [-0.25, -0.2) is 0 Å². The molecule has 3 rings (SSSR count). The smallest absolute Gasteiger partial charge is 0.238 e. The van der Waals surface area contributed by atoms with Crippen LogP contribution in [0.25, 0.3) is 0 Å². The van der Waals surface area contributed by atoms with Crippen LogP contribution in [0.5, 0.6) is 0 Å². The highest BCUT2D eigenvalue weighted by atomic mass is 32.1. The lowest BCUT2D eigenvalue weighted by atomic mass is 10.1. The number of nitrogens with zero attached hydrogens (tertiary/aromatic N) is 1. The number of carbonyl (C=O) groups is 1. The van der Waals surface area contributed by atoms with Crippen LogP contribution in [0.1, 0.15) is 35.3 Å². The molecule has 0 bridgehead atoms. The number of hydrogen-bond donors (Lipinski definition) is 2. The summed E-state index contributed by atoms with van der Waals surface area (Å²) in [6, 6.07) is 2.76. The summed E-state index contributed by atoms with van der Waals surface area (Å²) in [4.78, 5) is 13.0. The molecule has 0 unspecified atom stereocenters. The van der Waals surface area contributed by atoms with Gasteiger partial charge in [-0.3, -0.25) is 4.79 Å². The normalized spacial score (nSPS) is 17.3. The number of carbonyl (C=O) groups excluding carboxylic acids is 1. The van der Waals surface area contributed by atoms with E-state index in [-0.39, 0.29) is 5.91 Å². The van der Waals surface area contributed by atoms with Gasteiger partial charge in [-0.2, -0.15) is 5.26 Å². The van der Waals surface area contributed by atoms with Gasteiger partial charge in [0.15, 0.2) is 0 Å². The molecule has 0 spiro atoms. The van der Waals surface area contributed by atoms with Crippen LogP contribution in [0, 0.1) is 11.3 Å². The molecule has 1 fully saturated rings. The summed E-state index contributed by atoms with van der Waals surface area (Å²) < 4.78 is 0. The maximum absolute atomic E-state index is 11.8. The predicted molar refractivity (Wildman–Crippen MR) is 70.7 cm³/mol. The number of amides is 1. The first kappa shape index (κ1) is 11.7.